The van der Waals surface area contributed by atoms with Crippen LogP contribution in [-0.4, -0.2) is 18.4 Å². The summed E-state index contributed by atoms with van der Waals surface area (Å²) in [6.45, 7) is 2.24. The molecule has 4 nitrogen and oxygen atoms in total. The van der Waals surface area contributed by atoms with Crippen molar-refractivity contribution >= 4 is 23.2 Å². The van der Waals surface area contributed by atoms with Crippen molar-refractivity contribution in [2.75, 3.05) is 16.8 Å². The third-order valence-electron chi connectivity index (χ3n) is 4.53. The first-order valence-electron chi connectivity index (χ1n) is 7.87. The molecule has 3 rings (SSSR count). The molecular weight excluding hydrogens is 264 g/mol. The van der Waals surface area contributed by atoms with Crippen molar-refractivity contribution < 1.29 is 9.59 Å². The van der Waals surface area contributed by atoms with Gasteiger partial charge < -0.3 is 10.2 Å². The number of nitrogens with one attached hydrogen (secondary N) is 1. The summed E-state index contributed by atoms with van der Waals surface area (Å²) >= 11 is 0. The molecule has 1 fully saturated rings. The first-order valence-corrected chi connectivity index (χ1v) is 7.87. The highest BCUT2D eigenvalue weighted by Crippen LogP contribution is 2.38. The number of benzene rings is 1. The van der Waals surface area contributed by atoms with Crippen molar-refractivity contribution in [1.29, 1.82) is 0 Å². The van der Waals surface area contributed by atoms with Crippen LogP contribution in [0.15, 0.2) is 18.2 Å². The van der Waals surface area contributed by atoms with Crippen LogP contribution in [0, 0.1) is 5.92 Å². The lowest BCUT2D eigenvalue weighted by molar-refractivity contribution is -0.123. The number of nitrogens with zero attached hydrogens (tertiary/aromatic N) is 1. The van der Waals surface area contributed by atoms with Crippen LogP contribution >= 0.6 is 0 Å². The van der Waals surface area contributed by atoms with Crippen molar-refractivity contribution in [2.24, 2.45) is 5.92 Å². The second kappa shape index (κ2) is 5.88. The predicted molar refractivity (Wildman–Crippen MR) is 83.4 cm³/mol. The molecule has 0 unspecified atom stereocenters. The Morgan fingerprint density at radius 1 is 1.19 bits per heavy atom. The van der Waals surface area contributed by atoms with Gasteiger partial charge in [0, 0.05) is 19.4 Å². The number of fused-ring (bicyclic) bond motifs is 1. The fraction of sp³-hybridized carbons (Fsp3) is 0.529. The van der Waals surface area contributed by atoms with Gasteiger partial charge in [0.25, 0.3) is 0 Å². The smallest absolute Gasteiger partial charge is 0.230 e. The quantitative estimate of drug-likeness (QED) is 0.908. The van der Waals surface area contributed by atoms with Crippen molar-refractivity contribution in [3.8, 4) is 0 Å². The predicted octanol–water partition coefficient (Wildman–Crippen LogP) is 3.11. The highest BCUT2D eigenvalue weighted by atomic mass is 16.2. The third kappa shape index (κ3) is 2.80. The van der Waals surface area contributed by atoms with E-state index in [1.54, 1.807) is 0 Å². The minimum Gasteiger partial charge on any atom is -0.325 e. The Kier molecular flexibility index (Phi) is 3.95. The van der Waals surface area contributed by atoms with E-state index in [-0.39, 0.29) is 17.7 Å². The highest BCUT2D eigenvalue weighted by molar-refractivity contribution is 6.03. The molecule has 21 heavy (non-hydrogen) atoms. The number of rotatable bonds is 2. The SMILES string of the molecule is CC(=O)Nc1cccc2c1N(C(=O)C1CCCCC1)CC2. The maximum Gasteiger partial charge on any atom is 0.230 e. The van der Waals surface area contributed by atoms with E-state index in [9.17, 15) is 9.59 Å². The molecule has 112 valence electrons. The maximum absolute atomic E-state index is 12.8. The Balaban J connectivity index is 1.87. The number of carbonyl (C=O) groups is 2. The summed E-state index contributed by atoms with van der Waals surface area (Å²) in [6, 6.07) is 5.88. The molecule has 2 amide bonds. The van der Waals surface area contributed by atoms with E-state index >= 15 is 0 Å². The van der Waals surface area contributed by atoms with Gasteiger partial charge in [-0.15, -0.1) is 0 Å². The van der Waals surface area contributed by atoms with Crippen LogP contribution in [0.25, 0.3) is 0 Å². The summed E-state index contributed by atoms with van der Waals surface area (Å²) in [4.78, 5) is 26.1. The molecule has 1 aromatic carbocycles. The van der Waals surface area contributed by atoms with Gasteiger partial charge in [-0.3, -0.25) is 9.59 Å². The molecule has 0 atom stereocenters. The molecule has 1 heterocycles. The number of para-hydroxylation sites is 1. The second-order valence-electron chi connectivity index (χ2n) is 6.07. The van der Waals surface area contributed by atoms with Crippen molar-refractivity contribution in [3.05, 3.63) is 23.8 Å². The number of anilines is 2. The van der Waals surface area contributed by atoms with E-state index in [2.05, 4.69) is 11.4 Å². The zero-order valence-electron chi connectivity index (χ0n) is 12.5. The van der Waals surface area contributed by atoms with Crippen LogP contribution in [0.2, 0.25) is 0 Å². The molecule has 0 bridgehead atoms. The minimum atomic E-state index is -0.0969. The van der Waals surface area contributed by atoms with Gasteiger partial charge in [-0.05, 0) is 30.9 Å². The van der Waals surface area contributed by atoms with Gasteiger partial charge >= 0.3 is 0 Å². The van der Waals surface area contributed by atoms with E-state index in [1.807, 2.05) is 17.0 Å². The monoisotopic (exact) mass is 286 g/mol. The summed E-state index contributed by atoms with van der Waals surface area (Å²) in [5.74, 6) is 0.307. The van der Waals surface area contributed by atoms with Gasteiger partial charge in [0.2, 0.25) is 11.8 Å². The fourth-order valence-electron chi connectivity index (χ4n) is 3.54. The molecule has 1 aromatic rings. The average molecular weight is 286 g/mol. The average Bonchev–Trinajstić information content (AvgIpc) is 2.92. The Morgan fingerprint density at radius 2 is 1.95 bits per heavy atom. The molecule has 1 N–H and O–H groups in total. The largest absolute Gasteiger partial charge is 0.325 e. The first-order chi connectivity index (χ1) is 10.2. The van der Waals surface area contributed by atoms with E-state index in [1.165, 1.54) is 13.3 Å². The molecule has 2 aliphatic rings. The zero-order chi connectivity index (χ0) is 14.8. The Hall–Kier alpha value is -1.84. The highest BCUT2D eigenvalue weighted by Gasteiger charge is 2.32. The lowest BCUT2D eigenvalue weighted by Crippen LogP contribution is -2.36. The Bertz CT molecular complexity index is 562. The lowest BCUT2D eigenvalue weighted by Gasteiger charge is -2.27. The van der Waals surface area contributed by atoms with Crippen LogP contribution in [0.4, 0.5) is 11.4 Å². The van der Waals surface area contributed by atoms with Crippen LogP contribution in [0.1, 0.15) is 44.6 Å². The third-order valence-corrected chi connectivity index (χ3v) is 4.53. The van der Waals surface area contributed by atoms with E-state index in [4.69, 9.17) is 0 Å². The molecule has 1 saturated carbocycles. The number of amides is 2. The van der Waals surface area contributed by atoms with E-state index < -0.39 is 0 Å². The standard InChI is InChI=1S/C17H22N2O2/c1-12(20)18-15-9-5-8-13-10-11-19(16(13)15)17(21)14-6-3-2-4-7-14/h5,8-9,14H,2-4,6-7,10-11H2,1H3,(H,18,20). The molecule has 0 saturated heterocycles. The van der Waals surface area contributed by atoms with Gasteiger partial charge in [-0.1, -0.05) is 31.4 Å². The molecule has 0 aromatic heterocycles. The summed E-state index contributed by atoms with van der Waals surface area (Å²) in [7, 11) is 0. The molecule has 1 aliphatic carbocycles. The van der Waals surface area contributed by atoms with Gasteiger partial charge in [0.1, 0.15) is 0 Å². The second-order valence-corrected chi connectivity index (χ2v) is 6.07. The van der Waals surface area contributed by atoms with Gasteiger partial charge in [-0.25, -0.2) is 0 Å². The number of hydrogen-bond acceptors (Lipinski definition) is 2. The van der Waals surface area contributed by atoms with Gasteiger partial charge in [0.05, 0.1) is 11.4 Å². The van der Waals surface area contributed by atoms with Crippen LogP contribution in [0.3, 0.4) is 0 Å². The number of hydrogen-bond donors (Lipinski definition) is 1. The molecule has 4 heteroatoms. The summed E-state index contributed by atoms with van der Waals surface area (Å²) in [6.07, 6.45) is 6.45. The molecule has 0 radical (unpaired) electrons. The summed E-state index contributed by atoms with van der Waals surface area (Å²) in [5, 5.41) is 2.86. The fourth-order valence-corrected chi connectivity index (χ4v) is 3.54. The maximum atomic E-state index is 12.8. The summed E-state index contributed by atoms with van der Waals surface area (Å²) in [5.41, 5.74) is 2.84. The summed E-state index contributed by atoms with van der Waals surface area (Å²) < 4.78 is 0. The topological polar surface area (TPSA) is 49.4 Å². The van der Waals surface area contributed by atoms with Crippen LogP contribution < -0.4 is 10.2 Å². The number of carbonyl (C=O) groups excluding carboxylic acids is 2. The normalized spacial score (nSPS) is 18.4. The van der Waals surface area contributed by atoms with Crippen molar-refractivity contribution in [1.82, 2.24) is 0 Å². The van der Waals surface area contributed by atoms with Crippen molar-refractivity contribution in [3.63, 3.8) is 0 Å². The zero-order valence-corrected chi connectivity index (χ0v) is 12.5. The minimum absolute atomic E-state index is 0.0969. The first kappa shape index (κ1) is 14.1. The van der Waals surface area contributed by atoms with E-state index in [0.717, 1.165) is 55.6 Å². The Labute approximate surface area is 125 Å². The van der Waals surface area contributed by atoms with Crippen molar-refractivity contribution in [2.45, 2.75) is 45.4 Å². The van der Waals surface area contributed by atoms with Crippen LogP contribution in [-0.2, 0) is 16.0 Å². The molecule has 0 spiro atoms. The molecular formula is C17H22N2O2. The molecule has 1 aliphatic heterocycles. The van der Waals surface area contributed by atoms with Crippen LogP contribution in [0.5, 0.6) is 0 Å². The lowest BCUT2D eigenvalue weighted by atomic mass is 9.88. The van der Waals surface area contributed by atoms with Gasteiger partial charge in [-0.2, -0.15) is 0 Å². The van der Waals surface area contributed by atoms with Gasteiger partial charge in [0.15, 0.2) is 0 Å². The Morgan fingerprint density at radius 3 is 2.67 bits per heavy atom. The van der Waals surface area contributed by atoms with E-state index in [0.29, 0.717) is 0 Å².